The number of hydrogen-bond donors (Lipinski definition) is 2. The summed E-state index contributed by atoms with van der Waals surface area (Å²) in [5.74, 6) is -0.309. The number of carboxylic acids is 1. The van der Waals surface area contributed by atoms with Crippen molar-refractivity contribution < 1.29 is 19.1 Å². The van der Waals surface area contributed by atoms with E-state index in [9.17, 15) is 14.7 Å². The number of nitrogens with zero attached hydrogens (tertiary/aromatic N) is 4. The van der Waals surface area contributed by atoms with Crippen molar-refractivity contribution in [2.24, 2.45) is 5.92 Å². The number of anilines is 2. The van der Waals surface area contributed by atoms with Crippen LogP contribution >= 0.6 is 0 Å². The lowest BCUT2D eigenvalue weighted by Crippen LogP contribution is -2.36. The van der Waals surface area contributed by atoms with Gasteiger partial charge in [-0.1, -0.05) is 18.2 Å². The maximum Gasteiger partial charge on any atom is 0.326 e. The van der Waals surface area contributed by atoms with Gasteiger partial charge in [0, 0.05) is 41.8 Å². The highest BCUT2D eigenvalue weighted by Gasteiger charge is 2.40. The molecule has 1 saturated heterocycles. The van der Waals surface area contributed by atoms with Gasteiger partial charge in [-0.3, -0.25) is 9.78 Å². The Hall–Kier alpha value is -4.53. The van der Waals surface area contributed by atoms with Gasteiger partial charge >= 0.3 is 5.97 Å². The van der Waals surface area contributed by atoms with Crippen LogP contribution in [0.2, 0.25) is 0 Å². The molecule has 0 spiro atoms. The highest BCUT2D eigenvalue weighted by Crippen LogP contribution is 2.37. The fraction of sp³-hybridized carbons (Fsp3) is 0.222. The molecule has 1 amide bonds. The summed E-state index contributed by atoms with van der Waals surface area (Å²) in [6.45, 7) is 2.15. The highest BCUT2D eigenvalue weighted by molar-refractivity contribution is 6.06. The van der Waals surface area contributed by atoms with Gasteiger partial charge in [-0.15, -0.1) is 0 Å². The molecule has 3 aromatic heterocycles. The number of rotatable bonds is 5. The van der Waals surface area contributed by atoms with Gasteiger partial charge in [0.05, 0.1) is 0 Å². The highest BCUT2D eigenvalue weighted by atomic mass is 16.4. The van der Waals surface area contributed by atoms with Crippen LogP contribution in [0.25, 0.3) is 32.8 Å². The Kier molecular flexibility index (Phi) is 5.25. The van der Waals surface area contributed by atoms with Crippen molar-refractivity contribution in [3.63, 3.8) is 0 Å². The van der Waals surface area contributed by atoms with Crippen LogP contribution in [-0.4, -0.2) is 44.5 Å². The number of aryl methyl sites for hydroxylation is 1. The fourth-order valence-electron chi connectivity index (χ4n) is 5.06. The largest absolute Gasteiger partial charge is 0.480 e. The fourth-order valence-corrected chi connectivity index (χ4v) is 5.06. The van der Waals surface area contributed by atoms with Gasteiger partial charge in [0.1, 0.15) is 23.0 Å². The summed E-state index contributed by atoms with van der Waals surface area (Å²) in [6, 6.07) is 14.3. The zero-order valence-electron chi connectivity index (χ0n) is 19.5. The molecule has 1 fully saturated rings. The van der Waals surface area contributed by atoms with E-state index in [-0.39, 0.29) is 18.2 Å². The number of aromatic nitrogens is 3. The molecule has 0 radical (unpaired) electrons. The molecule has 9 heteroatoms. The van der Waals surface area contributed by atoms with Crippen molar-refractivity contribution in [2.45, 2.75) is 25.8 Å². The first kappa shape index (κ1) is 22.0. The first-order valence-electron chi connectivity index (χ1n) is 11.8. The number of carbonyl (C=O) groups is 2. The zero-order chi connectivity index (χ0) is 24.8. The summed E-state index contributed by atoms with van der Waals surface area (Å²) in [4.78, 5) is 40.1. The van der Waals surface area contributed by atoms with E-state index in [4.69, 9.17) is 4.42 Å². The summed E-state index contributed by atoms with van der Waals surface area (Å²) in [7, 11) is 0. The Balaban J connectivity index is 1.26. The Bertz CT molecular complexity index is 1650. The van der Waals surface area contributed by atoms with E-state index in [1.165, 1.54) is 0 Å². The van der Waals surface area contributed by atoms with Crippen LogP contribution in [0.1, 0.15) is 18.7 Å². The molecule has 2 N–H and O–H groups in total. The Morgan fingerprint density at radius 2 is 2.00 bits per heavy atom. The van der Waals surface area contributed by atoms with Crippen LogP contribution < -0.4 is 10.2 Å². The van der Waals surface area contributed by atoms with Crippen LogP contribution in [0.3, 0.4) is 0 Å². The van der Waals surface area contributed by atoms with E-state index in [0.717, 1.165) is 16.2 Å². The predicted molar refractivity (Wildman–Crippen MR) is 136 cm³/mol. The van der Waals surface area contributed by atoms with Crippen molar-refractivity contribution in [1.29, 1.82) is 0 Å². The normalized spacial score (nSPS) is 17.8. The Labute approximate surface area is 205 Å². The lowest BCUT2D eigenvalue weighted by Gasteiger charge is -2.22. The van der Waals surface area contributed by atoms with Crippen LogP contribution in [0.4, 0.5) is 11.5 Å². The lowest BCUT2D eigenvalue weighted by molar-refractivity contribution is -0.138. The van der Waals surface area contributed by atoms with Crippen molar-refractivity contribution in [2.75, 3.05) is 16.8 Å². The Morgan fingerprint density at radius 1 is 1.14 bits per heavy atom. The van der Waals surface area contributed by atoms with Crippen molar-refractivity contribution in [1.82, 2.24) is 15.0 Å². The summed E-state index contributed by atoms with van der Waals surface area (Å²) in [6.07, 6.45) is 4.00. The van der Waals surface area contributed by atoms with Gasteiger partial charge < -0.3 is 19.7 Å². The third-order valence-corrected chi connectivity index (χ3v) is 6.66. The summed E-state index contributed by atoms with van der Waals surface area (Å²) >= 11 is 0. The predicted octanol–water partition coefficient (Wildman–Crippen LogP) is 4.54. The number of hydrogen-bond acceptors (Lipinski definition) is 7. The van der Waals surface area contributed by atoms with Crippen LogP contribution in [0.5, 0.6) is 0 Å². The third-order valence-electron chi connectivity index (χ3n) is 6.66. The maximum absolute atomic E-state index is 12.9. The van der Waals surface area contributed by atoms with Gasteiger partial charge in [0.25, 0.3) is 0 Å². The van der Waals surface area contributed by atoms with Gasteiger partial charge in [-0.25, -0.2) is 14.8 Å². The van der Waals surface area contributed by atoms with E-state index < -0.39 is 12.0 Å². The smallest absolute Gasteiger partial charge is 0.326 e. The average molecular weight is 482 g/mol. The van der Waals surface area contributed by atoms with Crippen molar-refractivity contribution in [3.05, 3.63) is 66.7 Å². The van der Waals surface area contributed by atoms with Gasteiger partial charge in [-0.05, 0) is 55.0 Å². The van der Waals surface area contributed by atoms with Crippen LogP contribution in [0.15, 0.2) is 65.3 Å². The maximum atomic E-state index is 12.9. The molecule has 2 aromatic carbocycles. The molecular weight excluding hydrogens is 458 g/mol. The minimum atomic E-state index is -0.958. The number of aliphatic carboxylic acids is 1. The number of para-hydroxylation sites is 1. The number of fused-ring (bicyclic) bond motifs is 4. The zero-order valence-corrected chi connectivity index (χ0v) is 19.5. The molecule has 180 valence electrons. The molecule has 0 aliphatic carbocycles. The molecule has 2 atom stereocenters. The van der Waals surface area contributed by atoms with Crippen LogP contribution in [0, 0.1) is 12.8 Å². The number of nitrogens with one attached hydrogen (secondary N) is 1. The standard InChI is InChI=1S/C27H23N5O4/c1-15-29-24-20-4-2-3-5-22(20)36-25(24)26(30-15)32-14-16(10-21(32)27(34)35)11-23(33)31-19-7-6-17-8-9-28-13-18(17)12-19/h2-9,12-13,16,21H,10-11,14H2,1H3,(H,31,33)(H,34,35)/t16-,21+/m1/s1. The number of furan rings is 1. The average Bonchev–Trinajstić information content (AvgIpc) is 3.45. The Morgan fingerprint density at radius 3 is 2.86 bits per heavy atom. The number of pyridine rings is 1. The SMILES string of the molecule is Cc1nc(N2C[C@@H](CC(=O)Nc3ccc4ccncc4c3)C[C@H]2C(=O)O)c2oc3ccccc3c2n1. The second-order valence-corrected chi connectivity index (χ2v) is 9.17. The second kappa shape index (κ2) is 8.60. The molecule has 4 heterocycles. The van der Waals surface area contributed by atoms with E-state index in [1.54, 1.807) is 24.2 Å². The van der Waals surface area contributed by atoms with E-state index in [2.05, 4.69) is 20.3 Å². The summed E-state index contributed by atoms with van der Waals surface area (Å²) in [5.41, 5.74) is 2.47. The van der Waals surface area contributed by atoms with Gasteiger partial charge in [-0.2, -0.15) is 0 Å². The first-order chi connectivity index (χ1) is 17.5. The third kappa shape index (κ3) is 3.88. The molecule has 1 aliphatic rings. The molecule has 6 rings (SSSR count). The molecule has 0 saturated carbocycles. The van der Waals surface area contributed by atoms with Crippen LogP contribution in [-0.2, 0) is 9.59 Å². The molecular formula is C27H23N5O4. The number of carbonyl (C=O) groups excluding carboxylic acids is 1. The van der Waals surface area contributed by atoms with E-state index in [0.29, 0.717) is 47.0 Å². The lowest BCUT2D eigenvalue weighted by atomic mass is 10.0. The molecule has 0 bridgehead atoms. The summed E-state index contributed by atoms with van der Waals surface area (Å²) in [5, 5.41) is 15.8. The number of benzene rings is 2. The van der Waals surface area contributed by atoms with Crippen molar-refractivity contribution >= 4 is 56.2 Å². The second-order valence-electron chi connectivity index (χ2n) is 9.17. The van der Waals surface area contributed by atoms with Gasteiger partial charge in [0.2, 0.25) is 5.91 Å². The van der Waals surface area contributed by atoms with E-state index in [1.807, 2.05) is 48.5 Å². The minimum absolute atomic E-state index is 0.164. The molecule has 0 unspecified atom stereocenters. The molecule has 1 aliphatic heterocycles. The minimum Gasteiger partial charge on any atom is -0.480 e. The molecule has 5 aromatic rings. The van der Waals surface area contributed by atoms with E-state index >= 15 is 0 Å². The summed E-state index contributed by atoms with van der Waals surface area (Å²) < 4.78 is 6.07. The van der Waals surface area contributed by atoms with Gasteiger partial charge in [0.15, 0.2) is 11.4 Å². The monoisotopic (exact) mass is 481 g/mol. The molecule has 36 heavy (non-hydrogen) atoms. The van der Waals surface area contributed by atoms with Crippen molar-refractivity contribution in [3.8, 4) is 0 Å². The first-order valence-corrected chi connectivity index (χ1v) is 11.8. The number of carboxylic acid groups (broad SMARTS) is 1. The topological polar surface area (TPSA) is 121 Å². The molecule has 9 nitrogen and oxygen atoms in total. The number of amides is 1. The quantitative estimate of drug-likeness (QED) is 0.375.